The molecule has 29 heavy (non-hydrogen) atoms. The molecule has 3 atom stereocenters. The van der Waals surface area contributed by atoms with Crippen molar-refractivity contribution in [2.24, 2.45) is 0 Å². The van der Waals surface area contributed by atoms with Crippen LogP contribution in [0.2, 0.25) is 18.1 Å². The fourth-order valence-corrected chi connectivity index (χ4v) is 3.95. The number of benzene rings is 1. The summed E-state index contributed by atoms with van der Waals surface area (Å²) in [6, 6.07) is 8.81. The predicted octanol–water partition coefficient (Wildman–Crippen LogP) is 4.36. The van der Waals surface area contributed by atoms with E-state index in [4.69, 9.17) is 13.9 Å². The standard InChI is InChI=1S/C18H27F3O6SSi/c1-17(2,3)29(4,5)25-12-14-15(27-28(22,23)18(19,20)21)11-24-16(26-14)13-9-7-6-8-10-13/h6-10,14-16H,11-12H2,1-5H3/t14-,15-,16?/m0/s1. The topological polar surface area (TPSA) is 71.1 Å². The van der Waals surface area contributed by atoms with Gasteiger partial charge in [0.25, 0.3) is 0 Å². The minimum Gasteiger partial charge on any atom is -0.414 e. The summed E-state index contributed by atoms with van der Waals surface area (Å²) in [5.41, 5.74) is -4.88. The van der Waals surface area contributed by atoms with Gasteiger partial charge in [-0.25, -0.2) is 0 Å². The molecule has 1 heterocycles. The zero-order chi connectivity index (χ0) is 22.1. The maximum atomic E-state index is 12.8. The minimum absolute atomic E-state index is 0.110. The van der Waals surface area contributed by atoms with Crippen LogP contribution in [0.15, 0.2) is 30.3 Å². The molecule has 166 valence electrons. The summed E-state index contributed by atoms with van der Waals surface area (Å²) < 4.78 is 83.0. The first-order chi connectivity index (χ1) is 13.1. The van der Waals surface area contributed by atoms with Crippen LogP contribution in [0, 0.1) is 0 Å². The Labute approximate surface area is 170 Å². The van der Waals surface area contributed by atoms with Crippen molar-refractivity contribution in [3.63, 3.8) is 0 Å². The summed E-state index contributed by atoms with van der Waals surface area (Å²) in [4.78, 5) is 0. The molecule has 11 heteroatoms. The second-order valence-corrected chi connectivity index (χ2v) is 14.7. The van der Waals surface area contributed by atoms with Crippen molar-refractivity contribution in [2.75, 3.05) is 13.2 Å². The molecule has 1 aliphatic rings. The molecule has 0 aromatic heterocycles. The highest BCUT2D eigenvalue weighted by Gasteiger charge is 2.51. The second kappa shape index (κ2) is 8.64. The molecule has 1 aromatic rings. The highest BCUT2D eigenvalue weighted by atomic mass is 32.2. The average molecular weight is 457 g/mol. The zero-order valence-corrected chi connectivity index (χ0v) is 18.8. The van der Waals surface area contributed by atoms with Crippen LogP contribution < -0.4 is 0 Å². The Kier molecular flexibility index (Phi) is 7.23. The van der Waals surface area contributed by atoms with Crippen molar-refractivity contribution >= 4 is 18.4 Å². The van der Waals surface area contributed by atoms with E-state index in [1.54, 1.807) is 30.3 Å². The van der Waals surface area contributed by atoms with Gasteiger partial charge in [-0.2, -0.15) is 21.6 Å². The Hall–Kier alpha value is -0.983. The van der Waals surface area contributed by atoms with Crippen LogP contribution >= 0.6 is 0 Å². The monoisotopic (exact) mass is 456 g/mol. The number of hydrogen-bond donors (Lipinski definition) is 0. The molecular formula is C18H27F3O6SSi. The first-order valence-corrected chi connectivity index (χ1v) is 13.4. The Bertz CT molecular complexity index is 777. The lowest BCUT2D eigenvalue weighted by molar-refractivity contribution is -0.257. The minimum atomic E-state index is -5.80. The Morgan fingerprint density at radius 1 is 1.14 bits per heavy atom. The molecule has 0 amide bonds. The summed E-state index contributed by atoms with van der Waals surface area (Å²) in [5.74, 6) is 0. The van der Waals surface area contributed by atoms with Gasteiger partial charge in [0.2, 0.25) is 0 Å². The maximum absolute atomic E-state index is 12.8. The predicted molar refractivity (Wildman–Crippen MR) is 103 cm³/mol. The molecule has 1 aromatic carbocycles. The molecule has 1 saturated heterocycles. The van der Waals surface area contributed by atoms with Crippen LogP contribution in [0.4, 0.5) is 13.2 Å². The fourth-order valence-electron chi connectivity index (χ4n) is 2.32. The van der Waals surface area contributed by atoms with Gasteiger partial charge in [0.15, 0.2) is 14.6 Å². The summed E-state index contributed by atoms with van der Waals surface area (Å²) in [5, 5.41) is -0.147. The molecule has 1 unspecified atom stereocenters. The lowest BCUT2D eigenvalue weighted by Gasteiger charge is -2.40. The third-order valence-corrected chi connectivity index (χ3v) is 10.7. The van der Waals surface area contributed by atoms with Gasteiger partial charge in [0, 0.05) is 5.56 Å². The van der Waals surface area contributed by atoms with Crippen molar-refractivity contribution in [2.45, 2.75) is 62.9 Å². The largest absolute Gasteiger partial charge is 0.523 e. The van der Waals surface area contributed by atoms with E-state index in [0.717, 1.165) is 0 Å². The maximum Gasteiger partial charge on any atom is 0.523 e. The third-order valence-electron chi connectivity index (χ3n) is 5.15. The Morgan fingerprint density at radius 2 is 1.72 bits per heavy atom. The van der Waals surface area contributed by atoms with Gasteiger partial charge in [-0.05, 0) is 18.1 Å². The van der Waals surface area contributed by atoms with Crippen molar-refractivity contribution in [3.8, 4) is 0 Å². The van der Waals surface area contributed by atoms with Crippen LogP contribution in [0.5, 0.6) is 0 Å². The van der Waals surface area contributed by atoms with E-state index in [1.807, 2.05) is 33.9 Å². The summed E-state index contributed by atoms with van der Waals surface area (Å²) in [6.07, 6.45) is -3.40. The highest BCUT2D eigenvalue weighted by Crippen LogP contribution is 2.38. The van der Waals surface area contributed by atoms with E-state index in [0.29, 0.717) is 5.56 Å². The van der Waals surface area contributed by atoms with Gasteiger partial charge < -0.3 is 13.9 Å². The van der Waals surface area contributed by atoms with E-state index in [-0.39, 0.29) is 18.3 Å². The van der Waals surface area contributed by atoms with Crippen molar-refractivity contribution in [1.82, 2.24) is 0 Å². The van der Waals surface area contributed by atoms with Gasteiger partial charge in [-0.1, -0.05) is 51.1 Å². The molecule has 1 aliphatic heterocycles. The molecular weight excluding hydrogens is 429 g/mol. The van der Waals surface area contributed by atoms with Gasteiger partial charge >= 0.3 is 15.6 Å². The normalized spacial score (nSPS) is 24.5. The molecule has 0 aliphatic carbocycles. The lowest BCUT2D eigenvalue weighted by Crippen LogP contribution is -2.50. The van der Waals surface area contributed by atoms with Crippen LogP contribution in [-0.2, 0) is 28.2 Å². The molecule has 0 bridgehead atoms. The first kappa shape index (κ1) is 24.3. The van der Waals surface area contributed by atoms with E-state index >= 15 is 0 Å². The van der Waals surface area contributed by atoms with Crippen molar-refractivity contribution < 1.29 is 39.7 Å². The molecule has 6 nitrogen and oxygen atoms in total. The van der Waals surface area contributed by atoms with Crippen LogP contribution in [0.25, 0.3) is 0 Å². The molecule has 2 rings (SSSR count). The van der Waals surface area contributed by atoms with Gasteiger partial charge in [0.05, 0.1) is 13.2 Å². The quantitative estimate of drug-likeness (QED) is 0.360. The van der Waals surface area contributed by atoms with E-state index in [1.165, 1.54) is 0 Å². The van der Waals surface area contributed by atoms with E-state index < -0.39 is 42.4 Å². The number of hydrogen-bond acceptors (Lipinski definition) is 6. The zero-order valence-electron chi connectivity index (χ0n) is 17.0. The molecule has 0 N–H and O–H groups in total. The third kappa shape index (κ3) is 6.02. The fraction of sp³-hybridized carbons (Fsp3) is 0.667. The second-order valence-electron chi connectivity index (χ2n) is 8.36. The van der Waals surface area contributed by atoms with Crippen molar-refractivity contribution in [1.29, 1.82) is 0 Å². The van der Waals surface area contributed by atoms with E-state index in [9.17, 15) is 21.6 Å². The van der Waals surface area contributed by atoms with Gasteiger partial charge in [0.1, 0.15) is 12.2 Å². The number of halogens is 3. The lowest BCUT2D eigenvalue weighted by atomic mass is 10.1. The molecule has 1 fully saturated rings. The highest BCUT2D eigenvalue weighted by molar-refractivity contribution is 7.87. The Morgan fingerprint density at radius 3 is 2.24 bits per heavy atom. The van der Waals surface area contributed by atoms with Crippen LogP contribution in [-0.4, -0.2) is 47.7 Å². The first-order valence-electron chi connectivity index (χ1n) is 9.09. The Balaban J connectivity index is 2.21. The SMILES string of the molecule is CC(C)(C)[Si](C)(C)OC[C@@H]1OC(c2ccccc2)OC[C@@H]1OS(=O)(=O)C(F)(F)F. The number of alkyl halides is 3. The summed E-state index contributed by atoms with van der Waals surface area (Å²) in [7, 11) is -8.06. The molecule has 0 saturated carbocycles. The number of ether oxygens (including phenoxy) is 2. The van der Waals surface area contributed by atoms with Gasteiger partial charge in [-0.15, -0.1) is 0 Å². The molecule has 0 radical (unpaired) electrons. The van der Waals surface area contributed by atoms with Crippen molar-refractivity contribution in [3.05, 3.63) is 35.9 Å². The summed E-state index contributed by atoms with van der Waals surface area (Å²) >= 11 is 0. The van der Waals surface area contributed by atoms with Crippen LogP contribution in [0.3, 0.4) is 0 Å². The average Bonchev–Trinajstić information content (AvgIpc) is 2.59. The van der Waals surface area contributed by atoms with Crippen LogP contribution in [0.1, 0.15) is 32.6 Å². The smallest absolute Gasteiger partial charge is 0.414 e. The number of rotatable bonds is 6. The van der Waals surface area contributed by atoms with Gasteiger partial charge in [-0.3, -0.25) is 4.18 Å². The van der Waals surface area contributed by atoms with E-state index in [2.05, 4.69) is 4.18 Å². The molecule has 0 spiro atoms. The summed E-state index contributed by atoms with van der Waals surface area (Å²) in [6.45, 7) is 9.49.